The van der Waals surface area contributed by atoms with Crippen LogP contribution in [0.4, 0.5) is 0 Å². The third-order valence-corrected chi connectivity index (χ3v) is 4.21. The first-order valence-corrected chi connectivity index (χ1v) is 6.80. The van der Waals surface area contributed by atoms with E-state index in [4.69, 9.17) is 10.5 Å². The molecule has 0 aliphatic carbocycles. The lowest BCUT2D eigenvalue weighted by Gasteiger charge is -2.12. The van der Waals surface area contributed by atoms with Crippen molar-refractivity contribution in [2.24, 2.45) is 5.73 Å². The number of ether oxygens (including phenoxy) is 1. The van der Waals surface area contributed by atoms with Gasteiger partial charge in [-0.05, 0) is 30.7 Å². The fraction of sp³-hybridized carbons (Fsp3) is 0.250. The Morgan fingerprint density at radius 2 is 2.24 bits per heavy atom. The number of methoxy groups -OCH3 is 1. The van der Waals surface area contributed by atoms with Crippen molar-refractivity contribution in [3.63, 3.8) is 0 Å². The minimum absolute atomic E-state index is 0.224. The summed E-state index contributed by atoms with van der Waals surface area (Å²) in [5, 5.41) is 2.92. The van der Waals surface area contributed by atoms with Crippen molar-refractivity contribution >= 4 is 27.3 Å². The van der Waals surface area contributed by atoms with Crippen molar-refractivity contribution in [3.05, 3.63) is 44.3 Å². The Morgan fingerprint density at radius 3 is 2.82 bits per heavy atom. The molecule has 0 saturated carbocycles. The highest BCUT2D eigenvalue weighted by Gasteiger charge is 2.16. The largest absolute Gasteiger partial charge is 0.497 e. The Labute approximate surface area is 113 Å². The number of hydrogen-bond donors (Lipinski definition) is 1. The molecule has 17 heavy (non-hydrogen) atoms. The lowest BCUT2D eigenvalue weighted by atomic mass is 10.1. The monoisotopic (exact) mass is 312 g/mol. The van der Waals surface area contributed by atoms with Gasteiger partial charge in [0.1, 0.15) is 10.8 Å². The van der Waals surface area contributed by atoms with Crippen molar-refractivity contribution in [2.75, 3.05) is 7.11 Å². The van der Waals surface area contributed by atoms with E-state index in [0.717, 1.165) is 26.5 Å². The van der Waals surface area contributed by atoms with Gasteiger partial charge in [0.25, 0.3) is 0 Å². The summed E-state index contributed by atoms with van der Waals surface area (Å²) in [6, 6.07) is 5.55. The summed E-state index contributed by atoms with van der Waals surface area (Å²) in [6.45, 7) is 1.97. The standard InChI is InChI=1S/C12H13BrN2OS/c1-7-6-17-12(15-7)11(14)9-5-8(16-2)3-4-10(9)13/h3-6,11H,14H2,1-2H3. The Kier molecular flexibility index (Phi) is 3.81. The van der Waals surface area contributed by atoms with Crippen LogP contribution in [0, 0.1) is 6.92 Å². The van der Waals surface area contributed by atoms with E-state index in [1.165, 1.54) is 0 Å². The average Bonchev–Trinajstić information content (AvgIpc) is 2.76. The summed E-state index contributed by atoms with van der Waals surface area (Å²) in [6.07, 6.45) is 0. The molecule has 1 heterocycles. The molecule has 5 heteroatoms. The maximum absolute atomic E-state index is 6.22. The third kappa shape index (κ3) is 2.68. The number of aromatic nitrogens is 1. The molecular weight excluding hydrogens is 300 g/mol. The van der Waals surface area contributed by atoms with Crippen LogP contribution in [0.1, 0.15) is 22.3 Å². The molecule has 2 rings (SSSR count). The molecule has 2 N–H and O–H groups in total. The van der Waals surface area contributed by atoms with Gasteiger partial charge in [-0.1, -0.05) is 15.9 Å². The zero-order chi connectivity index (χ0) is 12.4. The molecule has 0 radical (unpaired) electrons. The minimum atomic E-state index is -0.224. The topological polar surface area (TPSA) is 48.1 Å². The number of rotatable bonds is 3. The summed E-state index contributed by atoms with van der Waals surface area (Å²) in [7, 11) is 1.64. The highest BCUT2D eigenvalue weighted by molar-refractivity contribution is 9.10. The van der Waals surface area contributed by atoms with Crippen LogP contribution < -0.4 is 10.5 Å². The molecule has 0 spiro atoms. The van der Waals surface area contributed by atoms with E-state index in [1.807, 2.05) is 30.5 Å². The molecule has 3 nitrogen and oxygen atoms in total. The number of hydrogen-bond acceptors (Lipinski definition) is 4. The Balaban J connectivity index is 2.39. The number of aryl methyl sites for hydroxylation is 1. The van der Waals surface area contributed by atoms with Crippen LogP contribution in [-0.2, 0) is 0 Å². The molecule has 0 bridgehead atoms. The van der Waals surface area contributed by atoms with Crippen LogP contribution in [0.2, 0.25) is 0 Å². The molecule has 0 fully saturated rings. The van der Waals surface area contributed by atoms with Crippen LogP contribution in [0.5, 0.6) is 5.75 Å². The first-order valence-electron chi connectivity index (χ1n) is 5.13. The maximum atomic E-state index is 6.22. The Bertz CT molecular complexity index is 527. The number of nitrogens with two attached hydrogens (primary N) is 1. The van der Waals surface area contributed by atoms with E-state index >= 15 is 0 Å². The zero-order valence-corrected chi connectivity index (χ0v) is 12.0. The second kappa shape index (κ2) is 5.16. The summed E-state index contributed by atoms with van der Waals surface area (Å²) in [5.74, 6) is 0.798. The first kappa shape index (κ1) is 12.5. The van der Waals surface area contributed by atoms with Crippen molar-refractivity contribution in [1.29, 1.82) is 0 Å². The van der Waals surface area contributed by atoms with Crippen LogP contribution in [0.15, 0.2) is 28.1 Å². The second-order valence-corrected chi connectivity index (χ2v) is 5.44. The molecule has 0 amide bonds. The quantitative estimate of drug-likeness (QED) is 0.946. The third-order valence-electron chi connectivity index (χ3n) is 2.44. The summed E-state index contributed by atoms with van der Waals surface area (Å²) < 4.78 is 6.18. The van der Waals surface area contributed by atoms with Crippen molar-refractivity contribution < 1.29 is 4.74 Å². The Morgan fingerprint density at radius 1 is 1.47 bits per heavy atom. The molecule has 1 aromatic heterocycles. The first-order chi connectivity index (χ1) is 8.11. The second-order valence-electron chi connectivity index (χ2n) is 3.69. The maximum Gasteiger partial charge on any atom is 0.119 e. The average molecular weight is 313 g/mol. The SMILES string of the molecule is COc1ccc(Br)c(C(N)c2nc(C)cs2)c1. The molecule has 0 aliphatic rings. The number of nitrogens with zero attached hydrogens (tertiary/aromatic N) is 1. The van der Waals surface area contributed by atoms with E-state index in [0.29, 0.717) is 0 Å². The number of thiazole rings is 1. The highest BCUT2D eigenvalue weighted by atomic mass is 79.9. The smallest absolute Gasteiger partial charge is 0.119 e. The van der Waals surface area contributed by atoms with Gasteiger partial charge in [0.2, 0.25) is 0 Å². The van der Waals surface area contributed by atoms with Gasteiger partial charge >= 0.3 is 0 Å². The molecule has 0 saturated heterocycles. The summed E-state index contributed by atoms with van der Waals surface area (Å²) >= 11 is 5.08. The fourth-order valence-electron chi connectivity index (χ4n) is 1.54. The van der Waals surface area contributed by atoms with E-state index < -0.39 is 0 Å². The predicted octanol–water partition coefficient (Wildman–Crippen LogP) is 3.27. The van der Waals surface area contributed by atoms with E-state index in [1.54, 1.807) is 18.4 Å². The van der Waals surface area contributed by atoms with Crippen LogP contribution in [0.3, 0.4) is 0 Å². The van der Waals surface area contributed by atoms with Crippen molar-refractivity contribution in [2.45, 2.75) is 13.0 Å². The fourth-order valence-corrected chi connectivity index (χ4v) is 2.84. The van der Waals surface area contributed by atoms with Gasteiger partial charge in [-0.2, -0.15) is 0 Å². The van der Waals surface area contributed by atoms with Gasteiger partial charge < -0.3 is 10.5 Å². The van der Waals surface area contributed by atoms with Gasteiger partial charge in [0.15, 0.2) is 0 Å². The van der Waals surface area contributed by atoms with Crippen LogP contribution in [-0.4, -0.2) is 12.1 Å². The normalized spacial score (nSPS) is 12.5. The van der Waals surface area contributed by atoms with Crippen molar-refractivity contribution in [3.8, 4) is 5.75 Å². The molecular formula is C12H13BrN2OS. The van der Waals surface area contributed by atoms with Crippen molar-refractivity contribution in [1.82, 2.24) is 4.98 Å². The summed E-state index contributed by atoms with van der Waals surface area (Å²) in [4.78, 5) is 4.42. The molecule has 1 atom stereocenters. The van der Waals surface area contributed by atoms with E-state index in [2.05, 4.69) is 20.9 Å². The molecule has 2 aromatic rings. The predicted molar refractivity (Wildman–Crippen MR) is 73.6 cm³/mol. The zero-order valence-electron chi connectivity index (χ0n) is 9.61. The van der Waals surface area contributed by atoms with E-state index in [9.17, 15) is 0 Å². The summed E-state index contributed by atoms with van der Waals surface area (Å²) in [5.41, 5.74) is 8.20. The van der Waals surface area contributed by atoms with E-state index in [-0.39, 0.29) is 6.04 Å². The lowest BCUT2D eigenvalue weighted by molar-refractivity contribution is 0.414. The van der Waals surface area contributed by atoms with Crippen LogP contribution in [0.25, 0.3) is 0 Å². The molecule has 1 aromatic carbocycles. The van der Waals surface area contributed by atoms with Gasteiger partial charge in [-0.15, -0.1) is 11.3 Å². The van der Waals surface area contributed by atoms with Gasteiger partial charge in [0, 0.05) is 15.5 Å². The number of benzene rings is 1. The highest BCUT2D eigenvalue weighted by Crippen LogP contribution is 2.31. The molecule has 0 aliphatic heterocycles. The minimum Gasteiger partial charge on any atom is -0.497 e. The van der Waals surface area contributed by atoms with Gasteiger partial charge in [-0.3, -0.25) is 0 Å². The molecule has 90 valence electrons. The van der Waals surface area contributed by atoms with Gasteiger partial charge in [0.05, 0.1) is 13.2 Å². The molecule has 1 unspecified atom stereocenters. The van der Waals surface area contributed by atoms with Gasteiger partial charge in [-0.25, -0.2) is 4.98 Å². The lowest BCUT2D eigenvalue weighted by Crippen LogP contribution is -2.12. The Hall–Kier alpha value is -0.910. The van der Waals surface area contributed by atoms with Crippen LogP contribution >= 0.6 is 27.3 Å². The number of halogens is 1.